The third-order valence-corrected chi connectivity index (χ3v) is 4.86. The van der Waals surface area contributed by atoms with Crippen molar-refractivity contribution in [1.82, 2.24) is 15.1 Å². The molecule has 1 N–H and O–H groups in total. The summed E-state index contributed by atoms with van der Waals surface area (Å²) in [6.45, 7) is 14.7. The van der Waals surface area contributed by atoms with Gasteiger partial charge in [0.05, 0.1) is 6.61 Å². The van der Waals surface area contributed by atoms with Crippen LogP contribution in [0.3, 0.4) is 0 Å². The van der Waals surface area contributed by atoms with Crippen molar-refractivity contribution >= 4 is 12.4 Å². The minimum Gasteiger partial charge on any atom is -0.380 e. The first kappa shape index (κ1) is 19.2. The Bertz CT molecular complexity index is 262. The van der Waals surface area contributed by atoms with Crippen molar-refractivity contribution in [1.29, 1.82) is 0 Å². The topological polar surface area (TPSA) is 27.7 Å². The maximum absolute atomic E-state index is 5.52. The lowest BCUT2D eigenvalue weighted by Gasteiger charge is -2.42. The predicted octanol–water partition coefficient (Wildman–Crippen LogP) is 1.84. The molecular weight excluding hydrogens is 286 g/mol. The van der Waals surface area contributed by atoms with Crippen LogP contribution >= 0.6 is 12.4 Å². The summed E-state index contributed by atoms with van der Waals surface area (Å²) < 4.78 is 5.52. The van der Waals surface area contributed by atoms with Gasteiger partial charge in [-0.15, -0.1) is 12.4 Å². The summed E-state index contributed by atoms with van der Waals surface area (Å²) in [5.74, 6) is 0.920. The van der Waals surface area contributed by atoms with Gasteiger partial charge in [-0.1, -0.05) is 6.92 Å². The van der Waals surface area contributed by atoms with E-state index in [1.807, 2.05) is 0 Å². The molecule has 0 radical (unpaired) electrons. The van der Waals surface area contributed by atoms with E-state index >= 15 is 0 Å². The van der Waals surface area contributed by atoms with E-state index in [2.05, 4.69) is 29.0 Å². The first-order chi connectivity index (χ1) is 9.83. The molecule has 0 bridgehead atoms. The molecule has 2 fully saturated rings. The first-order valence-corrected chi connectivity index (χ1v) is 8.58. The number of ether oxygens (including phenoxy) is 1. The van der Waals surface area contributed by atoms with Crippen LogP contribution in [0.25, 0.3) is 0 Å². The Kier molecular flexibility index (Phi) is 9.85. The van der Waals surface area contributed by atoms with Crippen molar-refractivity contribution in [3.05, 3.63) is 0 Å². The van der Waals surface area contributed by atoms with Gasteiger partial charge in [-0.3, -0.25) is 4.90 Å². The largest absolute Gasteiger partial charge is 0.380 e. The van der Waals surface area contributed by atoms with E-state index in [1.165, 1.54) is 58.5 Å². The lowest BCUT2D eigenvalue weighted by molar-refractivity contribution is 0.0339. The molecule has 0 amide bonds. The Hall–Kier alpha value is 0.130. The van der Waals surface area contributed by atoms with E-state index < -0.39 is 0 Å². The third-order valence-electron chi connectivity index (χ3n) is 4.86. The molecule has 2 rings (SSSR count). The van der Waals surface area contributed by atoms with Gasteiger partial charge < -0.3 is 15.0 Å². The molecule has 2 aliphatic rings. The zero-order valence-corrected chi connectivity index (χ0v) is 14.7. The highest BCUT2D eigenvalue weighted by Crippen LogP contribution is 2.18. The minimum atomic E-state index is 0. The van der Waals surface area contributed by atoms with E-state index in [0.717, 1.165) is 31.7 Å². The van der Waals surface area contributed by atoms with E-state index in [0.29, 0.717) is 0 Å². The standard InChI is InChI=1S/C16H33N3O.ClH/c1-3-16-14-18(13-15-5-7-17-8-6-15)9-10-19(16)11-12-20-4-2;/h15-17H,3-14H2,1-2H3;1H. The number of rotatable bonds is 7. The van der Waals surface area contributed by atoms with E-state index in [1.54, 1.807) is 0 Å². The number of nitrogens with zero attached hydrogens (tertiary/aromatic N) is 2. The number of piperazine rings is 1. The fourth-order valence-corrected chi connectivity index (χ4v) is 3.56. The fraction of sp³-hybridized carbons (Fsp3) is 1.00. The molecule has 21 heavy (non-hydrogen) atoms. The SMILES string of the molecule is CCOCCN1CCN(CC2CCNCC2)CC1CC.Cl. The monoisotopic (exact) mass is 319 g/mol. The van der Waals surface area contributed by atoms with Crippen molar-refractivity contribution in [3.8, 4) is 0 Å². The fourth-order valence-electron chi connectivity index (χ4n) is 3.56. The maximum atomic E-state index is 5.52. The molecule has 0 aromatic heterocycles. The maximum Gasteiger partial charge on any atom is 0.0593 e. The molecule has 4 nitrogen and oxygen atoms in total. The highest BCUT2D eigenvalue weighted by molar-refractivity contribution is 5.85. The molecule has 1 atom stereocenters. The van der Waals surface area contributed by atoms with Gasteiger partial charge in [-0.2, -0.15) is 0 Å². The predicted molar refractivity (Wildman–Crippen MR) is 91.4 cm³/mol. The molecule has 2 aliphatic heterocycles. The van der Waals surface area contributed by atoms with Gasteiger partial charge in [0.2, 0.25) is 0 Å². The molecule has 2 heterocycles. The van der Waals surface area contributed by atoms with Crippen LogP contribution in [0.2, 0.25) is 0 Å². The second-order valence-electron chi connectivity index (χ2n) is 6.25. The average molecular weight is 320 g/mol. The first-order valence-electron chi connectivity index (χ1n) is 8.58. The summed E-state index contributed by atoms with van der Waals surface area (Å²) in [7, 11) is 0. The summed E-state index contributed by atoms with van der Waals surface area (Å²) in [4.78, 5) is 5.34. The lowest BCUT2D eigenvalue weighted by Crippen LogP contribution is -2.54. The van der Waals surface area contributed by atoms with Gasteiger partial charge in [0.25, 0.3) is 0 Å². The Balaban J connectivity index is 0.00000220. The second-order valence-corrected chi connectivity index (χ2v) is 6.25. The summed E-state index contributed by atoms with van der Waals surface area (Å²) >= 11 is 0. The van der Waals surface area contributed by atoms with Gasteiger partial charge in [0.1, 0.15) is 0 Å². The Labute approximate surface area is 137 Å². The number of nitrogens with one attached hydrogen (secondary N) is 1. The molecule has 126 valence electrons. The number of hydrogen-bond acceptors (Lipinski definition) is 4. The van der Waals surface area contributed by atoms with Gasteiger partial charge in [-0.05, 0) is 45.2 Å². The summed E-state index contributed by atoms with van der Waals surface area (Å²) in [6.07, 6.45) is 3.98. The molecule has 0 aliphatic carbocycles. The van der Waals surface area contributed by atoms with Crippen molar-refractivity contribution < 1.29 is 4.74 Å². The summed E-state index contributed by atoms with van der Waals surface area (Å²) in [5.41, 5.74) is 0. The molecule has 0 spiro atoms. The van der Waals surface area contributed by atoms with Crippen molar-refractivity contribution in [3.63, 3.8) is 0 Å². The van der Waals surface area contributed by atoms with Gasteiger partial charge in [-0.25, -0.2) is 0 Å². The number of piperidine rings is 1. The molecule has 0 saturated carbocycles. The van der Waals surface area contributed by atoms with Crippen molar-refractivity contribution in [2.24, 2.45) is 5.92 Å². The normalized spacial score (nSPS) is 25.7. The van der Waals surface area contributed by atoms with Crippen LogP contribution in [-0.4, -0.2) is 74.9 Å². The van der Waals surface area contributed by atoms with Gasteiger partial charge in [0.15, 0.2) is 0 Å². The van der Waals surface area contributed by atoms with Crippen LogP contribution in [-0.2, 0) is 4.74 Å². The third kappa shape index (κ3) is 6.41. The highest BCUT2D eigenvalue weighted by Gasteiger charge is 2.27. The summed E-state index contributed by atoms with van der Waals surface area (Å²) in [6, 6.07) is 0.728. The molecule has 0 aromatic carbocycles. The quantitative estimate of drug-likeness (QED) is 0.725. The van der Waals surface area contributed by atoms with E-state index in [-0.39, 0.29) is 12.4 Å². The van der Waals surface area contributed by atoms with Crippen molar-refractivity contribution in [2.45, 2.75) is 39.2 Å². The van der Waals surface area contributed by atoms with Gasteiger partial charge >= 0.3 is 0 Å². The van der Waals surface area contributed by atoms with Gasteiger partial charge in [0, 0.05) is 45.4 Å². The Morgan fingerprint density at radius 3 is 2.57 bits per heavy atom. The van der Waals surface area contributed by atoms with Crippen LogP contribution in [0.4, 0.5) is 0 Å². The second kappa shape index (κ2) is 10.8. The molecule has 0 aromatic rings. The van der Waals surface area contributed by atoms with E-state index in [9.17, 15) is 0 Å². The molecular formula is C16H34ClN3O. The van der Waals surface area contributed by atoms with Crippen LogP contribution in [0.15, 0.2) is 0 Å². The van der Waals surface area contributed by atoms with Crippen molar-refractivity contribution in [2.75, 3.05) is 59.0 Å². The van der Waals surface area contributed by atoms with Crippen LogP contribution in [0, 0.1) is 5.92 Å². The van der Waals surface area contributed by atoms with Crippen LogP contribution < -0.4 is 5.32 Å². The highest BCUT2D eigenvalue weighted by atomic mass is 35.5. The summed E-state index contributed by atoms with van der Waals surface area (Å²) in [5, 5.41) is 3.47. The molecule has 2 saturated heterocycles. The Morgan fingerprint density at radius 1 is 1.14 bits per heavy atom. The minimum absolute atomic E-state index is 0. The molecule has 1 unspecified atom stereocenters. The lowest BCUT2D eigenvalue weighted by atomic mass is 9.96. The molecule has 5 heteroatoms. The zero-order valence-electron chi connectivity index (χ0n) is 13.9. The zero-order chi connectivity index (χ0) is 14.2. The van der Waals surface area contributed by atoms with Crippen LogP contribution in [0.5, 0.6) is 0 Å². The average Bonchev–Trinajstić information content (AvgIpc) is 2.50. The number of hydrogen-bond donors (Lipinski definition) is 1. The smallest absolute Gasteiger partial charge is 0.0593 e. The van der Waals surface area contributed by atoms with E-state index in [4.69, 9.17) is 4.74 Å². The Morgan fingerprint density at radius 2 is 1.90 bits per heavy atom. The van der Waals surface area contributed by atoms with Crippen LogP contribution in [0.1, 0.15) is 33.1 Å². The number of halogens is 1.